The minimum absolute atomic E-state index is 0.0431. The molecule has 0 aliphatic carbocycles. The molecule has 0 radical (unpaired) electrons. The molecule has 0 aromatic heterocycles. The van der Waals surface area contributed by atoms with E-state index in [2.05, 4.69) is 10.2 Å². The quantitative estimate of drug-likeness (QED) is 0.637. The van der Waals surface area contributed by atoms with Crippen molar-refractivity contribution < 1.29 is 9.72 Å². The van der Waals surface area contributed by atoms with Crippen molar-refractivity contribution in [3.05, 3.63) is 74.8 Å². The van der Waals surface area contributed by atoms with Gasteiger partial charge in [0, 0.05) is 33.8 Å². The number of hydrogen-bond acceptors (Lipinski definition) is 4. The van der Waals surface area contributed by atoms with Crippen LogP contribution in [-0.2, 0) is 10.3 Å². The highest BCUT2D eigenvalue weighted by atomic mass is 35.5. The number of fused-ring (bicyclic) bond motifs is 4. The molecule has 4 atom stereocenters. The number of halogens is 1. The summed E-state index contributed by atoms with van der Waals surface area (Å²) in [6.07, 6.45) is 1.77. The van der Waals surface area contributed by atoms with E-state index < -0.39 is 11.6 Å². The first-order chi connectivity index (χ1) is 13.0. The van der Waals surface area contributed by atoms with Gasteiger partial charge in [-0.1, -0.05) is 41.9 Å². The molecule has 1 spiro atoms. The molecule has 3 heterocycles. The molecule has 1 amide bonds. The van der Waals surface area contributed by atoms with Crippen LogP contribution >= 0.6 is 11.6 Å². The molecule has 6 nitrogen and oxygen atoms in total. The number of amides is 1. The van der Waals surface area contributed by atoms with Crippen LogP contribution < -0.4 is 5.32 Å². The molecule has 3 aliphatic heterocycles. The average Bonchev–Trinajstić information content (AvgIpc) is 3.30. The third-order valence-electron chi connectivity index (χ3n) is 6.35. The van der Waals surface area contributed by atoms with Gasteiger partial charge in [-0.2, -0.15) is 0 Å². The smallest absolute Gasteiger partial charge is 0.256 e. The van der Waals surface area contributed by atoms with Gasteiger partial charge in [0.2, 0.25) is 0 Å². The van der Waals surface area contributed by atoms with E-state index in [9.17, 15) is 14.9 Å². The number of nitrogens with zero attached hydrogens (tertiary/aromatic N) is 2. The van der Waals surface area contributed by atoms with Gasteiger partial charge in [0.25, 0.3) is 11.9 Å². The molecule has 7 heteroatoms. The van der Waals surface area contributed by atoms with E-state index in [1.54, 1.807) is 12.1 Å². The SMILES string of the molecule is O=C1Nc2ccccc2[C@]12[C@H]([N+](=O)[O-])[C@H](c1ccc(Cl)cc1)[C@@H]1CCCN12. The number of anilines is 1. The summed E-state index contributed by atoms with van der Waals surface area (Å²) >= 11 is 6.03. The fraction of sp³-hybridized carbons (Fsp3) is 0.350. The van der Waals surface area contributed by atoms with Crippen LogP contribution in [0.1, 0.15) is 29.9 Å². The van der Waals surface area contributed by atoms with Crippen LogP contribution in [0.25, 0.3) is 0 Å². The largest absolute Gasteiger partial charge is 0.324 e. The van der Waals surface area contributed by atoms with Crippen LogP contribution in [0.2, 0.25) is 5.02 Å². The Morgan fingerprint density at radius 2 is 1.93 bits per heavy atom. The Hall–Kier alpha value is -2.44. The number of nitrogens with one attached hydrogen (secondary N) is 1. The van der Waals surface area contributed by atoms with Crippen molar-refractivity contribution in [3.63, 3.8) is 0 Å². The molecule has 27 heavy (non-hydrogen) atoms. The van der Waals surface area contributed by atoms with Gasteiger partial charge in [-0.25, -0.2) is 0 Å². The van der Waals surface area contributed by atoms with Gasteiger partial charge in [0.1, 0.15) is 0 Å². The number of carbonyl (C=O) groups is 1. The van der Waals surface area contributed by atoms with Crippen molar-refractivity contribution >= 4 is 23.2 Å². The van der Waals surface area contributed by atoms with E-state index in [0.717, 1.165) is 24.0 Å². The van der Waals surface area contributed by atoms with Crippen LogP contribution in [0.4, 0.5) is 5.69 Å². The lowest BCUT2D eigenvalue weighted by Crippen LogP contribution is -2.55. The standard InChI is InChI=1S/C20H18ClN3O3/c21-13-9-7-12(8-10-13)17-16-6-3-11-23(16)20(18(17)24(26)27)14-4-1-2-5-15(14)22-19(20)25/h1-2,4-5,7-10,16-18H,3,6,11H2,(H,22,25)/t16-,17+,18+,20-/m0/s1. The summed E-state index contributed by atoms with van der Waals surface area (Å²) in [6, 6.07) is 13.5. The van der Waals surface area contributed by atoms with Gasteiger partial charge in [0.15, 0.2) is 5.54 Å². The Morgan fingerprint density at radius 3 is 2.67 bits per heavy atom. The second-order valence-electron chi connectivity index (χ2n) is 7.48. The van der Waals surface area contributed by atoms with Crippen molar-refractivity contribution in [1.82, 2.24) is 4.90 Å². The molecule has 2 fully saturated rings. The second-order valence-corrected chi connectivity index (χ2v) is 7.91. The highest BCUT2D eigenvalue weighted by molar-refractivity contribution is 6.30. The summed E-state index contributed by atoms with van der Waals surface area (Å²) in [7, 11) is 0. The van der Waals surface area contributed by atoms with Gasteiger partial charge in [-0.3, -0.25) is 19.8 Å². The van der Waals surface area contributed by atoms with E-state index in [4.69, 9.17) is 11.6 Å². The number of benzene rings is 2. The predicted molar refractivity (Wildman–Crippen MR) is 101 cm³/mol. The molecule has 0 saturated carbocycles. The fourth-order valence-electron chi connectivity index (χ4n) is 5.46. The zero-order chi connectivity index (χ0) is 18.8. The normalized spacial score (nSPS) is 31.7. The van der Waals surface area contributed by atoms with Gasteiger partial charge in [-0.15, -0.1) is 0 Å². The average molecular weight is 384 g/mol. The molecule has 2 aromatic rings. The number of carbonyl (C=O) groups excluding carboxylic acids is 1. The summed E-state index contributed by atoms with van der Waals surface area (Å²) in [5.74, 6) is -0.648. The van der Waals surface area contributed by atoms with Crippen LogP contribution in [0, 0.1) is 10.1 Å². The third-order valence-corrected chi connectivity index (χ3v) is 6.60. The number of hydrogen-bond donors (Lipinski definition) is 1. The second kappa shape index (κ2) is 5.78. The number of rotatable bonds is 2. The van der Waals surface area contributed by atoms with Crippen LogP contribution in [0.3, 0.4) is 0 Å². The van der Waals surface area contributed by atoms with Gasteiger partial charge in [0.05, 0.1) is 5.92 Å². The molecule has 2 aromatic carbocycles. The molecule has 3 aliphatic rings. The lowest BCUT2D eigenvalue weighted by molar-refractivity contribution is -0.534. The summed E-state index contributed by atoms with van der Waals surface area (Å²) in [4.78, 5) is 27.5. The van der Waals surface area contributed by atoms with Crippen LogP contribution in [-0.4, -0.2) is 34.4 Å². The maximum atomic E-state index is 13.3. The van der Waals surface area contributed by atoms with Crippen molar-refractivity contribution in [2.45, 2.75) is 36.4 Å². The third kappa shape index (κ3) is 2.08. The minimum atomic E-state index is -1.26. The van der Waals surface area contributed by atoms with E-state index >= 15 is 0 Å². The maximum Gasteiger partial charge on any atom is 0.256 e. The maximum absolute atomic E-state index is 13.3. The molecule has 0 bridgehead atoms. The highest BCUT2D eigenvalue weighted by Gasteiger charge is 2.73. The first kappa shape index (κ1) is 16.7. The lowest BCUT2D eigenvalue weighted by atomic mass is 9.77. The molecule has 2 saturated heterocycles. The minimum Gasteiger partial charge on any atom is -0.324 e. The Kier molecular flexibility index (Phi) is 3.58. The Labute approximate surface area is 161 Å². The lowest BCUT2D eigenvalue weighted by Gasteiger charge is -2.32. The van der Waals surface area contributed by atoms with E-state index in [1.807, 2.05) is 36.4 Å². The molecular weight excluding hydrogens is 366 g/mol. The summed E-state index contributed by atoms with van der Waals surface area (Å²) in [5, 5.41) is 15.9. The topological polar surface area (TPSA) is 75.5 Å². The van der Waals surface area contributed by atoms with Gasteiger partial charge >= 0.3 is 0 Å². The highest BCUT2D eigenvalue weighted by Crippen LogP contribution is 2.57. The number of nitro groups is 1. The van der Waals surface area contributed by atoms with Gasteiger partial charge < -0.3 is 5.32 Å². The number of para-hydroxylation sites is 1. The molecule has 138 valence electrons. The monoisotopic (exact) mass is 383 g/mol. The first-order valence-corrected chi connectivity index (χ1v) is 9.49. The fourth-order valence-corrected chi connectivity index (χ4v) is 5.59. The van der Waals surface area contributed by atoms with Crippen molar-refractivity contribution in [3.8, 4) is 0 Å². The zero-order valence-electron chi connectivity index (χ0n) is 14.5. The summed E-state index contributed by atoms with van der Waals surface area (Å²) in [5.41, 5.74) is 1.01. The van der Waals surface area contributed by atoms with Crippen molar-refractivity contribution in [1.29, 1.82) is 0 Å². The summed E-state index contributed by atoms with van der Waals surface area (Å²) < 4.78 is 0. The predicted octanol–water partition coefficient (Wildman–Crippen LogP) is 3.39. The Bertz CT molecular complexity index is 948. The van der Waals surface area contributed by atoms with E-state index in [1.165, 1.54) is 0 Å². The molecule has 1 N–H and O–H groups in total. The van der Waals surface area contributed by atoms with Gasteiger partial charge in [-0.05, 0) is 36.6 Å². The van der Waals surface area contributed by atoms with E-state index in [0.29, 0.717) is 17.3 Å². The van der Waals surface area contributed by atoms with Crippen LogP contribution in [0.5, 0.6) is 0 Å². The molecular formula is C20H18ClN3O3. The van der Waals surface area contributed by atoms with Crippen molar-refractivity contribution in [2.75, 3.05) is 11.9 Å². The van der Waals surface area contributed by atoms with Crippen LogP contribution in [0.15, 0.2) is 48.5 Å². The van der Waals surface area contributed by atoms with Crippen molar-refractivity contribution in [2.24, 2.45) is 0 Å². The summed E-state index contributed by atoms with van der Waals surface area (Å²) in [6.45, 7) is 0.681. The first-order valence-electron chi connectivity index (χ1n) is 9.12. The Morgan fingerprint density at radius 1 is 1.19 bits per heavy atom. The Balaban J connectivity index is 1.76. The molecule has 0 unspecified atom stereocenters. The van der Waals surface area contributed by atoms with E-state index in [-0.39, 0.29) is 22.8 Å². The zero-order valence-corrected chi connectivity index (χ0v) is 15.2. The molecule has 5 rings (SSSR count).